The smallest absolute Gasteiger partial charge is 0.337 e. The first kappa shape index (κ1) is 20.8. The maximum atomic E-state index is 12.6. The van der Waals surface area contributed by atoms with Crippen LogP contribution in [0.3, 0.4) is 0 Å². The van der Waals surface area contributed by atoms with Gasteiger partial charge in [0.1, 0.15) is 5.75 Å². The van der Waals surface area contributed by atoms with Gasteiger partial charge in [-0.15, -0.1) is 0 Å². The van der Waals surface area contributed by atoms with Gasteiger partial charge < -0.3 is 14.8 Å². The number of halogens is 1. The van der Waals surface area contributed by atoms with Crippen molar-refractivity contribution in [1.29, 1.82) is 0 Å². The van der Waals surface area contributed by atoms with Crippen molar-refractivity contribution in [3.05, 3.63) is 58.1 Å². The minimum Gasteiger partial charge on any atom is -0.481 e. The molecule has 0 fully saturated rings. The minimum atomic E-state index is -0.748. The molecule has 1 unspecified atom stereocenters. The molecule has 27 heavy (non-hydrogen) atoms. The summed E-state index contributed by atoms with van der Waals surface area (Å²) in [5, 5.41) is 3.03. The van der Waals surface area contributed by atoms with Crippen LogP contribution in [0.25, 0.3) is 0 Å². The Balaban J connectivity index is 2.17. The van der Waals surface area contributed by atoms with Gasteiger partial charge in [0.05, 0.1) is 23.4 Å². The first-order valence-electron chi connectivity index (χ1n) is 8.68. The van der Waals surface area contributed by atoms with Gasteiger partial charge in [0.2, 0.25) is 0 Å². The van der Waals surface area contributed by atoms with Gasteiger partial charge in [-0.2, -0.15) is 0 Å². The zero-order valence-corrected chi connectivity index (χ0v) is 16.9. The number of carbonyl (C=O) groups excluding carboxylic acids is 2. The van der Waals surface area contributed by atoms with Crippen LogP contribution in [0, 0.1) is 6.92 Å². The molecule has 6 heteroatoms. The lowest BCUT2D eigenvalue weighted by Crippen LogP contribution is -2.30. The third-order valence-corrected chi connectivity index (χ3v) is 4.44. The van der Waals surface area contributed by atoms with Gasteiger partial charge in [0.15, 0.2) is 6.10 Å². The highest BCUT2D eigenvalue weighted by atomic mass is 35.5. The zero-order chi connectivity index (χ0) is 20.1. The minimum absolute atomic E-state index is 0.266. The van der Waals surface area contributed by atoms with Crippen molar-refractivity contribution in [2.24, 2.45) is 0 Å². The Morgan fingerprint density at radius 2 is 1.78 bits per heavy atom. The monoisotopic (exact) mass is 389 g/mol. The number of aryl methyl sites for hydroxylation is 1. The van der Waals surface area contributed by atoms with Gasteiger partial charge in [0.25, 0.3) is 5.91 Å². The Hall–Kier alpha value is -2.53. The molecule has 0 radical (unpaired) electrons. The van der Waals surface area contributed by atoms with E-state index in [0.717, 1.165) is 11.1 Å². The molecule has 0 spiro atoms. The molecule has 1 atom stereocenters. The zero-order valence-electron chi connectivity index (χ0n) is 16.1. The second-order valence-corrected chi connectivity index (χ2v) is 7.04. The quantitative estimate of drug-likeness (QED) is 0.709. The van der Waals surface area contributed by atoms with Crippen molar-refractivity contribution in [2.75, 3.05) is 12.4 Å². The van der Waals surface area contributed by atoms with Gasteiger partial charge in [0, 0.05) is 0 Å². The van der Waals surface area contributed by atoms with Crippen molar-refractivity contribution in [3.63, 3.8) is 0 Å². The van der Waals surface area contributed by atoms with E-state index >= 15 is 0 Å². The topological polar surface area (TPSA) is 64.6 Å². The van der Waals surface area contributed by atoms with Crippen LogP contribution < -0.4 is 10.1 Å². The second kappa shape index (κ2) is 8.91. The fraction of sp³-hybridized carbons (Fsp3) is 0.333. The number of esters is 1. The number of rotatable bonds is 6. The molecule has 0 bridgehead atoms. The van der Waals surface area contributed by atoms with Gasteiger partial charge in [-0.3, -0.25) is 4.79 Å². The van der Waals surface area contributed by atoms with Crippen molar-refractivity contribution in [1.82, 2.24) is 0 Å². The molecule has 5 nitrogen and oxygen atoms in total. The summed E-state index contributed by atoms with van der Waals surface area (Å²) in [6.45, 7) is 7.78. The van der Waals surface area contributed by atoms with Crippen LogP contribution >= 0.6 is 11.6 Å². The lowest BCUT2D eigenvalue weighted by molar-refractivity contribution is -0.122. The largest absolute Gasteiger partial charge is 0.481 e. The predicted octanol–water partition coefficient (Wildman–Crippen LogP) is 4.96. The molecule has 2 aromatic carbocycles. The average Bonchev–Trinajstić information content (AvgIpc) is 2.62. The fourth-order valence-electron chi connectivity index (χ4n) is 2.56. The normalized spacial score (nSPS) is 11.8. The molecule has 0 aliphatic heterocycles. The summed E-state index contributed by atoms with van der Waals surface area (Å²) in [4.78, 5) is 24.2. The molecule has 0 heterocycles. The number of anilines is 1. The van der Waals surface area contributed by atoms with E-state index in [1.807, 2.05) is 25.1 Å². The van der Waals surface area contributed by atoms with E-state index in [4.69, 9.17) is 16.3 Å². The maximum Gasteiger partial charge on any atom is 0.337 e. The number of methoxy groups -OCH3 is 1. The van der Waals surface area contributed by atoms with Gasteiger partial charge in [-0.25, -0.2) is 4.79 Å². The van der Waals surface area contributed by atoms with E-state index in [-0.39, 0.29) is 11.8 Å². The molecule has 2 aromatic rings. The number of nitrogens with one attached hydrogen (secondary N) is 1. The molecular formula is C21H24ClNO4. The number of amides is 1. The summed E-state index contributed by atoms with van der Waals surface area (Å²) in [5.41, 5.74) is 2.71. The molecule has 0 saturated carbocycles. The Labute approximate surface area is 164 Å². The van der Waals surface area contributed by atoms with E-state index in [1.165, 1.54) is 25.3 Å². The van der Waals surface area contributed by atoms with E-state index in [2.05, 4.69) is 23.9 Å². The molecule has 0 aromatic heterocycles. The summed E-state index contributed by atoms with van der Waals surface area (Å²) >= 11 is 6.13. The lowest BCUT2D eigenvalue weighted by atomic mass is 10.0. The number of hydrogen-bond acceptors (Lipinski definition) is 4. The van der Waals surface area contributed by atoms with E-state index < -0.39 is 12.1 Å². The average molecular weight is 390 g/mol. The van der Waals surface area contributed by atoms with Crippen LogP contribution in [0.2, 0.25) is 5.02 Å². The van der Waals surface area contributed by atoms with Gasteiger partial charge >= 0.3 is 5.97 Å². The third kappa shape index (κ3) is 5.23. The molecule has 1 N–H and O–H groups in total. The van der Waals surface area contributed by atoms with Crippen molar-refractivity contribution in [3.8, 4) is 5.75 Å². The molecule has 1 amide bonds. The van der Waals surface area contributed by atoms with E-state index in [0.29, 0.717) is 22.0 Å². The summed E-state index contributed by atoms with van der Waals surface area (Å²) < 4.78 is 10.6. The van der Waals surface area contributed by atoms with Crippen molar-refractivity contribution >= 4 is 29.2 Å². The molecule has 2 rings (SSSR count). The molecule has 0 aliphatic carbocycles. The fourth-order valence-corrected chi connectivity index (χ4v) is 2.73. The SMILES string of the molecule is COC(=O)c1ccc(Cl)c(NC(=O)C(C)Oc2cc(C)ccc2C(C)C)c1. The summed E-state index contributed by atoms with van der Waals surface area (Å²) in [5.74, 6) is 0.0760. The first-order chi connectivity index (χ1) is 12.7. The second-order valence-electron chi connectivity index (χ2n) is 6.63. The van der Waals surface area contributed by atoms with Crippen LogP contribution in [0.15, 0.2) is 36.4 Å². The molecule has 0 aliphatic rings. The first-order valence-corrected chi connectivity index (χ1v) is 9.06. The van der Waals surface area contributed by atoms with Crippen LogP contribution in [0.5, 0.6) is 5.75 Å². The standard InChI is InChI=1S/C21H24ClNO4/c1-12(2)16-8-6-13(3)10-19(16)27-14(4)20(24)23-18-11-15(21(25)26-5)7-9-17(18)22/h6-12,14H,1-5H3,(H,23,24). The Morgan fingerprint density at radius 1 is 1.07 bits per heavy atom. The summed E-state index contributed by atoms with van der Waals surface area (Å²) in [6.07, 6.45) is -0.748. The lowest BCUT2D eigenvalue weighted by Gasteiger charge is -2.19. The predicted molar refractivity (Wildman–Crippen MR) is 107 cm³/mol. The number of benzene rings is 2. The number of ether oxygens (including phenoxy) is 2. The third-order valence-electron chi connectivity index (χ3n) is 4.11. The van der Waals surface area contributed by atoms with Gasteiger partial charge in [-0.1, -0.05) is 37.6 Å². The van der Waals surface area contributed by atoms with Crippen molar-refractivity contribution < 1.29 is 19.1 Å². The maximum absolute atomic E-state index is 12.6. The molecular weight excluding hydrogens is 366 g/mol. The molecule has 144 valence electrons. The highest BCUT2D eigenvalue weighted by Gasteiger charge is 2.19. The van der Waals surface area contributed by atoms with Crippen LogP contribution in [-0.2, 0) is 9.53 Å². The van der Waals surface area contributed by atoms with Crippen LogP contribution in [0.4, 0.5) is 5.69 Å². The van der Waals surface area contributed by atoms with E-state index in [1.54, 1.807) is 6.92 Å². The van der Waals surface area contributed by atoms with E-state index in [9.17, 15) is 9.59 Å². The highest BCUT2D eigenvalue weighted by Crippen LogP contribution is 2.29. The highest BCUT2D eigenvalue weighted by molar-refractivity contribution is 6.33. The Kier molecular flexibility index (Phi) is 6.86. The summed E-state index contributed by atoms with van der Waals surface area (Å²) in [7, 11) is 1.29. The Morgan fingerprint density at radius 3 is 2.41 bits per heavy atom. The molecule has 0 saturated heterocycles. The van der Waals surface area contributed by atoms with Crippen LogP contribution in [-0.4, -0.2) is 25.1 Å². The van der Waals surface area contributed by atoms with Crippen LogP contribution in [0.1, 0.15) is 48.2 Å². The Bertz CT molecular complexity index is 848. The van der Waals surface area contributed by atoms with Gasteiger partial charge in [-0.05, 0) is 55.2 Å². The number of carbonyl (C=O) groups is 2. The van der Waals surface area contributed by atoms with Crippen molar-refractivity contribution in [2.45, 2.75) is 39.7 Å². The summed E-state index contributed by atoms with van der Waals surface area (Å²) in [6, 6.07) is 10.5. The number of hydrogen-bond donors (Lipinski definition) is 1.